The van der Waals surface area contributed by atoms with Gasteiger partial charge < -0.3 is 14.9 Å². The maximum absolute atomic E-state index is 11.9. The Kier molecular flexibility index (Phi) is 4.26. The van der Waals surface area contributed by atoms with Crippen LogP contribution in [0.1, 0.15) is 6.92 Å². The molecule has 2 amide bonds. The molecule has 0 bridgehead atoms. The fourth-order valence-corrected chi connectivity index (χ4v) is 2.32. The van der Waals surface area contributed by atoms with E-state index in [-0.39, 0.29) is 17.9 Å². The number of carboxylic acid groups (broad SMARTS) is 1. The lowest BCUT2D eigenvalue weighted by Gasteiger charge is -2.42. The molecule has 2 heterocycles. The highest BCUT2D eigenvalue weighted by atomic mass is 16.4. The zero-order valence-corrected chi connectivity index (χ0v) is 11.5. The van der Waals surface area contributed by atoms with Gasteiger partial charge in [-0.25, -0.2) is 9.80 Å². The normalized spacial score (nSPS) is 23.8. The summed E-state index contributed by atoms with van der Waals surface area (Å²) in [7, 11) is 2.06. The largest absolute Gasteiger partial charge is 0.481 e. The lowest BCUT2D eigenvalue weighted by atomic mass is 9.87. The van der Waals surface area contributed by atoms with Crippen molar-refractivity contribution in [2.75, 3.05) is 46.3 Å². The van der Waals surface area contributed by atoms with Crippen LogP contribution in [0.5, 0.6) is 0 Å². The van der Waals surface area contributed by atoms with Gasteiger partial charge >= 0.3 is 12.0 Å². The van der Waals surface area contributed by atoms with Crippen LogP contribution in [0, 0.1) is 11.8 Å². The molecule has 0 saturated carbocycles. The summed E-state index contributed by atoms with van der Waals surface area (Å²) >= 11 is 0. The molecule has 2 aliphatic rings. The molecule has 2 saturated heterocycles. The summed E-state index contributed by atoms with van der Waals surface area (Å²) in [6.45, 7) is 6.30. The summed E-state index contributed by atoms with van der Waals surface area (Å²) in [4.78, 5) is 26.6. The Labute approximate surface area is 113 Å². The fourth-order valence-electron chi connectivity index (χ4n) is 2.32. The van der Waals surface area contributed by atoms with Gasteiger partial charge in [0.2, 0.25) is 0 Å². The predicted octanol–water partition coefficient (Wildman–Crippen LogP) is -0.489. The van der Waals surface area contributed by atoms with Gasteiger partial charge in [0.25, 0.3) is 0 Å². The standard InChI is InChI=1S/C12H22N4O3/c1-9(11(17)18)10-7-15(8-10)12(19)13-16-5-3-14(2)4-6-16/h9-10H,3-8H2,1-2H3,(H,13,19)(H,17,18). The summed E-state index contributed by atoms with van der Waals surface area (Å²) in [5, 5.41) is 10.8. The fraction of sp³-hybridized carbons (Fsp3) is 0.833. The van der Waals surface area contributed by atoms with Gasteiger partial charge in [0, 0.05) is 45.2 Å². The number of carboxylic acids is 1. The molecule has 2 N–H and O–H groups in total. The molecular weight excluding hydrogens is 248 g/mol. The molecular formula is C12H22N4O3. The van der Waals surface area contributed by atoms with Crippen LogP contribution in [0.2, 0.25) is 0 Å². The van der Waals surface area contributed by atoms with Crippen LogP contribution >= 0.6 is 0 Å². The van der Waals surface area contributed by atoms with Crippen molar-refractivity contribution in [1.29, 1.82) is 0 Å². The van der Waals surface area contributed by atoms with E-state index in [4.69, 9.17) is 5.11 Å². The number of hydrogen-bond donors (Lipinski definition) is 2. The Bertz CT molecular complexity index is 349. The highest BCUT2D eigenvalue weighted by Gasteiger charge is 2.37. The first-order chi connectivity index (χ1) is 8.97. The molecule has 7 nitrogen and oxygen atoms in total. The number of likely N-dealkylation sites (N-methyl/N-ethyl adjacent to an activating group) is 1. The second-order valence-corrected chi connectivity index (χ2v) is 5.50. The first-order valence-electron chi connectivity index (χ1n) is 6.69. The monoisotopic (exact) mass is 270 g/mol. The van der Waals surface area contributed by atoms with E-state index in [0.29, 0.717) is 13.1 Å². The molecule has 19 heavy (non-hydrogen) atoms. The van der Waals surface area contributed by atoms with Crippen molar-refractivity contribution in [3.05, 3.63) is 0 Å². The molecule has 1 atom stereocenters. The van der Waals surface area contributed by atoms with Gasteiger partial charge in [-0.3, -0.25) is 10.2 Å². The summed E-state index contributed by atoms with van der Waals surface area (Å²) in [5.41, 5.74) is 2.88. The Morgan fingerprint density at radius 2 is 1.79 bits per heavy atom. The van der Waals surface area contributed by atoms with Crippen molar-refractivity contribution in [3.63, 3.8) is 0 Å². The topological polar surface area (TPSA) is 76.1 Å². The zero-order valence-electron chi connectivity index (χ0n) is 11.5. The van der Waals surface area contributed by atoms with Crippen LogP contribution in [-0.2, 0) is 4.79 Å². The number of aliphatic carboxylic acids is 1. The van der Waals surface area contributed by atoms with E-state index in [1.807, 2.05) is 5.01 Å². The average molecular weight is 270 g/mol. The number of urea groups is 1. The van der Waals surface area contributed by atoms with Gasteiger partial charge in [0.05, 0.1) is 5.92 Å². The molecule has 7 heteroatoms. The number of hydrazine groups is 1. The number of rotatable bonds is 3. The lowest BCUT2D eigenvalue weighted by Crippen LogP contribution is -2.61. The number of amides is 2. The Morgan fingerprint density at radius 3 is 2.32 bits per heavy atom. The Morgan fingerprint density at radius 1 is 1.21 bits per heavy atom. The quantitative estimate of drug-likeness (QED) is 0.724. The van der Waals surface area contributed by atoms with E-state index in [0.717, 1.165) is 26.2 Å². The van der Waals surface area contributed by atoms with Crippen LogP contribution in [-0.4, -0.2) is 78.2 Å². The SMILES string of the molecule is CC(C(=O)O)C1CN(C(=O)NN2CCN(C)CC2)C1. The van der Waals surface area contributed by atoms with E-state index in [2.05, 4.69) is 17.4 Å². The molecule has 0 radical (unpaired) electrons. The van der Waals surface area contributed by atoms with Gasteiger partial charge in [0.15, 0.2) is 0 Å². The first-order valence-corrected chi connectivity index (χ1v) is 6.69. The lowest BCUT2D eigenvalue weighted by molar-refractivity contribution is -0.144. The number of nitrogens with zero attached hydrogens (tertiary/aromatic N) is 3. The number of hydrogen-bond acceptors (Lipinski definition) is 4. The molecule has 0 aliphatic carbocycles. The first kappa shape index (κ1) is 14.1. The number of piperazine rings is 1. The summed E-state index contributed by atoms with van der Waals surface area (Å²) in [6, 6.07) is -0.113. The third-order valence-corrected chi connectivity index (χ3v) is 4.05. The number of likely N-dealkylation sites (tertiary alicyclic amines) is 1. The van der Waals surface area contributed by atoms with Crippen LogP contribution in [0.25, 0.3) is 0 Å². The van der Waals surface area contributed by atoms with Crippen molar-refractivity contribution in [3.8, 4) is 0 Å². The van der Waals surface area contributed by atoms with Crippen LogP contribution in [0.4, 0.5) is 4.79 Å². The molecule has 0 aromatic rings. The van der Waals surface area contributed by atoms with Crippen molar-refractivity contribution < 1.29 is 14.7 Å². The highest BCUT2D eigenvalue weighted by Crippen LogP contribution is 2.23. The second kappa shape index (κ2) is 5.75. The zero-order chi connectivity index (χ0) is 14.0. The molecule has 1 unspecified atom stereocenters. The van der Waals surface area contributed by atoms with Gasteiger partial charge in [0.1, 0.15) is 0 Å². The summed E-state index contributed by atoms with van der Waals surface area (Å²) in [6.07, 6.45) is 0. The van der Waals surface area contributed by atoms with E-state index in [1.165, 1.54) is 0 Å². The minimum atomic E-state index is -0.788. The van der Waals surface area contributed by atoms with Crippen molar-refractivity contribution in [1.82, 2.24) is 20.2 Å². The number of carbonyl (C=O) groups excluding carboxylic acids is 1. The molecule has 2 fully saturated rings. The summed E-state index contributed by atoms with van der Waals surface area (Å²) in [5.74, 6) is -1.09. The van der Waals surface area contributed by atoms with Crippen LogP contribution in [0.15, 0.2) is 0 Å². The Balaban J connectivity index is 1.70. The second-order valence-electron chi connectivity index (χ2n) is 5.50. The van der Waals surface area contributed by atoms with Gasteiger partial charge in [-0.15, -0.1) is 0 Å². The average Bonchev–Trinajstić information content (AvgIpc) is 2.30. The van der Waals surface area contributed by atoms with Gasteiger partial charge in [-0.05, 0) is 7.05 Å². The molecule has 108 valence electrons. The van der Waals surface area contributed by atoms with E-state index in [9.17, 15) is 9.59 Å². The van der Waals surface area contributed by atoms with Crippen molar-refractivity contribution in [2.45, 2.75) is 6.92 Å². The molecule has 2 rings (SSSR count). The third kappa shape index (κ3) is 3.36. The minimum Gasteiger partial charge on any atom is -0.481 e. The smallest absolute Gasteiger partial charge is 0.331 e. The van der Waals surface area contributed by atoms with Crippen LogP contribution in [0.3, 0.4) is 0 Å². The van der Waals surface area contributed by atoms with Crippen molar-refractivity contribution in [2.24, 2.45) is 11.8 Å². The molecule has 0 aromatic heterocycles. The van der Waals surface area contributed by atoms with E-state index < -0.39 is 5.97 Å². The predicted molar refractivity (Wildman–Crippen MR) is 69.5 cm³/mol. The highest BCUT2D eigenvalue weighted by molar-refractivity contribution is 5.75. The van der Waals surface area contributed by atoms with E-state index in [1.54, 1.807) is 11.8 Å². The Hall–Kier alpha value is -1.34. The molecule has 2 aliphatic heterocycles. The number of carbonyl (C=O) groups is 2. The van der Waals surface area contributed by atoms with Gasteiger partial charge in [-0.2, -0.15) is 0 Å². The molecule has 0 spiro atoms. The summed E-state index contributed by atoms with van der Waals surface area (Å²) < 4.78 is 0. The van der Waals surface area contributed by atoms with Crippen LogP contribution < -0.4 is 5.43 Å². The third-order valence-electron chi connectivity index (χ3n) is 4.05. The maximum atomic E-state index is 11.9. The van der Waals surface area contributed by atoms with Gasteiger partial charge in [-0.1, -0.05) is 6.92 Å². The molecule has 0 aromatic carbocycles. The minimum absolute atomic E-state index is 0.0794. The maximum Gasteiger partial charge on any atom is 0.331 e. The van der Waals surface area contributed by atoms with Crippen molar-refractivity contribution >= 4 is 12.0 Å². The van der Waals surface area contributed by atoms with E-state index >= 15 is 0 Å². The number of nitrogens with one attached hydrogen (secondary N) is 1.